The molecule has 0 saturated heterocycles. The summed E-state index contributed by atoms with van der Waals surface area (Å²) in [4.78, 5) is 27.4. The Labute approximate surface area is 248 Å². The normalized spacial score (nSPS) is 22.6. The van der Waals surface area contributed by atoms with Gasteiger partial charge in [-0.3, -0.25) is 9.59 Å². The van der Waals surface area contributed by atoms with Crippen LogP contribution < -0.4 is 0 Å². The SMILES string of the molecule is CCC(CC)C1CCC(C(=O)OC(c2ccccc2)[C@H](OC(=O)C2CCC(CC)(CC)CC2)c2ccccc2)CC1. The van der Waals surface area contributed by atoms with Crippen LogP contribution >= 0.6 is 0 Å². The molecule has 1 unspecified atom stereocenters. The molecule has 2 atom stereocenters. The highest BCUT2D eigenvalue weighted by Gasteiger charge is 2.39. The third kappa shape index (κ3) is 7.81. The fourth-order valence-corrected chi connectivity index (χ4v) is 7.54. The monoisotopic (exact) mass is 560 g/mol. The summed E-state index contributed by atoms with van der Waals surface area (Å²) < 4.78 is 12.8. The molecule has 224 valence electrons. The minimum absolute atomic E-state index is 0.103. The van der Waals surface area contributed by atoms with E-state index >= 15 is 0 Å². The highest BCUT2D eigenvalue weighted by Crippen LogP contribution is 2.45. The third-order valence-corrected chi connectivity index (χ3v) is 10.7. The van der Waals surface area contributed by atoms with Gasteiger partial charge in [0.05, 0.1) is 11.8 Å². The number of ether oxygens (including phenoxy) is 2. The Bertz CT molecular complexity index is 1050. The summed E-state index contributed by atoms with van der Waals surface area (Å²) in [5, 5.41) is 0. The van der Waals surface area contributed by atoms with E-state index in [0.29, 0.717) is 11.3 Å². The van der Waals surface area contributed by atoms with Gasteiger partial charge in [-0.15, -0.1) is 0 Å². The summed E-state index contributed by atoms with van der Waals surface area (Å²) in [6, 6.07) is 19.6. The van der Waals surface area contributed by atoms with Crippen molar-refractivity contribution in [1.82, 2.24) is 0 Å². The number of carbonyl (C=O) groups excluding carboxylic acids is 2. The van der Waals surface area contributed by atoms with Crippen LogP contribution in [0.5, 0.6) is 0 Å². The predicted molar refractivity (Wildman–Crippen MR) is 165 cm³/mol. The van der Waals surface area contributed by atoms with Crippen molar-refractivity contribution >= 4 is 11.9 Å². The van der Waals surface area contributed by atoms with Gasteiger partial charge < -0.3 is 9.47 Å². The van der Waals surface area contributed by atoms with Crippen molar-refractivity contribution in [3.63, 3.8) is 0 Å². The third-order valence-electron chi connectivity index (χ3n) is 10.7. The molecular weight excluding hydrogens is 508 g/mol. The summed E-state index contributed by atoms with van der Waals surface area (Å²) in [6.45, 7) is 9.10. The molecule has 4 nitrogen and oxygen atoms in total. The Morgan fingerprint density at radius 2 is 1.07 bits per heavy atom. The molecule has 4 rings (SSSR count). The first-order valence-electron chi connectivity index (χ1n) is 16.4. The molecule has 41 heavy (non-hydrogen) atoms. The molecule has 2 aromatic rings. The van der Waals surface area contributed by atoms with E-state index in [1.54, 1.807) is 0 Å². The Morgan fingerprint density at radius 1 is 0.659 bits per heavy atom. The number of hydrogen-bond donors (Lipinski definition) is 0. The molecule has 0 spiro atoms. The lowest BCUT2D eigenvalue weighted by molar-refractivity contribution is -0.177. The number of hydrogen-bond acceptors (Lipinski definition) is 4. The Balaban J connectivity index is 1.53. The van der Waals surface area contributed by atoms with Crippen LogP contribution in [0, 0.1) is 29.1 Å². The van der Waals surface area contributed by atoms with Crippen LogP contribution in [0.15, 0.2) is 60.7 Å². The van der Waals surface area contributed by atoms with E-state index in [0.717, 1.165) is 81.3 Å². The molecule has 4 heteroatoms. The smallest absolute Gasteiger partial charge is 0.309 e. The Hall–Kier alpha value is -2.62. The number of rotatable bonds is 12. The van der Waals surface area contributed by atoms with Crippen LogP contribution in [-0.4, -0.2) is 11.9 Å². The van der Waals surface area contributed by atoms with Gasteiger partial charge >= 0.3 is 11.9 Å². The summed E-state index contributed by atoms with van der Waals surface area (Å²) in [5.74, 6) is 0.903. The van der Waals surface area contributed by atoms with E-state index in [2.05, 4.69) is 27.7 Å². The second-order valence-electron chi connectivity index (χ2n) is 12.7. The molecule has 0 amide bonds. The zero-order chi connectivity index (χ0) is 29.2. The van der Waals surface area contributed by atoms with Crippen molar-refractivity contribution in [3.8, 4) is 0 Å². The van der Waals surface area contributed by atoms with Gasteiger partial charge in [0, 0.05) is 0 Å². The Morgan fingerprint density at radius 3 is 1.46 bits per heavy atom. The predicted octanol–water partition coefficient (Wildman–Crippen LogP) is 9.79. The van der Waals surface area contributed by atoms with Gasteiger partial charge in [-0.1, -0.05) is 114 Å². The molecule has 2 aliphatic carbocycles. The lowest BCUT2D eigenvalue weighted by Crippen LogP contribution is -2.33. The molecule has 2 aromatic carbocycles. The highest BCUT2D eigenvalue weighted by atomic mass is 16.6. The standard InChI is InChI=1S/C37H52O4/c1-5-27(6-2)28-19-21-31(22-20-28)35(38)40-33(29-15-11-9-12-16-29)34(30-17-13-10-14-18-30)41-36(39)32-23-25-37(7-3,8-4)26-24-32/h9-18,27-28,31-34H,5-8,19-26H2,1-4H3/t28?,31?,33?,34-/m1/s1. The van der Waals surface area contributed by atoms with Crippen LogP contribution in [0.3, 0.4) is 0 Å². The van der Waals surface area contributed by atoms with Gasteiger partial charge in [0.15, 0.2) is 12.2 Å². The molecule has 0 aromatic heterocycles. The van der Waals surface area contributed by atoms with Gasteiger partial charge in [0.25, 0.3) is 0 Å². The second-order valence-corrected chi connectivity index (χ2v) is 12.7. The maximum Gasteiger partial charge on any atom is 0.309 e. The molecular formula is C37H52O4. The zero-order valence-corrected chi connectivity index (χ0v) is 25.9. The summed E-state index contributed by atoms with van der Waals surface area (Å²) >= 11 is 0. The number of carbonyl (C=O) groups is 2. The van der Waals surface area contributed by atoms with Crippen molar-refractivity contribution in [1.29, 1.82) is 0 Å². The van der Waals surface area contributed by atoms with Gasteiger partial charge in [0.1, 0.15) is 0 Å². The number of benzene rings is 2. The lowest BCUT2D eigenvalue weighted by Gasteiger charge is -2.39. The van der Waals surface area contributed by atoms with E-state index < -0.39 is 12.2 Å². The first kappa shape index (κ1) is 31.3. The van der Waals surface area contributed by atoms with E-state index in [1.807, 2.05) is 60.7 Å². The molecule has 0 aliphatic heterocycles. The molecule has 0 radical (unpaired) electrons. The minimum Gasteiger partial charge on any atom is -0.453 e. The van der Waals surface area contributed by atoms with Crippen molar-refractivity contribution in [2.45, 2.75) is 117 Å². The zero-order valence-electron chi connectivity index (χ0n) is 25.9. The first-order chi connectivity index (χ1) is 19.9. The van der Waals surface area contributed by atoms with Crippen molar-refractivity contribution in [3.05, 3.63) is 71.8 Å². The van der Waals surface area contributed by atoms with Gasteiger partial charge in [-0.05, 0) is 79.7 Å². The number of esters is 2. The molecule has 2 fully saturated rings. The van der Waals surface area contributed by atoms with Crippen LogP contribution in [0.4, 0.5) is 0 Å². The summed E-state index contributed by atoms with van der Waals surface area (Å²) in [7, 11) is 0. The molecule has 2 aliphatic rings. The fraction of sp³-hybridized carbons (Fsp3) is 0.622. The molecule has 0 bridgehead atoms. The van der Waals surface area contributed by atoms with Gasteiger partial charge in [0.2, 0.25) is 0 Å². The average Bonchev–Trinajstić information content (AvgIpc) is 3.04. The first-order valence-corrected chi connectivity index (χ1v) is 16.4. The van der Waals surface area contributed by atoms with Crippen molar-refractivity contribution in [2.24, 2.45) is 29.1 Å². The van der Waals surface area contributed by atoms with Crippen LogP contribution in [0.2, 0.25) is 0 Å². The van der Waals surface area contributed by atoms with Crippen LogP contribution in [0.1, 0.15) is 128 Å². The summed E-state index contributed by atoms with van der Waals surface area (Å²) in [5.41, 5.74) is 2.06. The summed E-state index contributed by atoms with van der Waals surface area (Å²) in [6.07, 6.45) is 11.1. The van der Waals surface area contributed by atoms with E-state index in [-0.39, 0.29) is 23.8 Å². The second kappa shape index (κ2) is 15.0. The van der Waals surface area contributed by atoms with Gasteiger partial charge in [-0.2, -0.15) is 0 Å². The van der Waals surface area contributed by atoms with Crippen molar-refractivity contribution in [2.75, 3.05) is 0 Å². The van der Waals surface area contributed by atoms with Crippen molar-refractivity contribution < 1.29 is 19.1 Å². The van der Waals surface area contributed by atoms with E-state index in [1.165, 1.54) is 12.8 Å². The van der Waals surface area contributed by atoms with Crippen LogP contribution in [0.25, 0.3) is 0 Å². The Kier molecular flexibility index (Phi) is 11.5. The largest absolute Gasteiger partial charge is 0.453 e. The maximum atomic E-state index is 13.7. The lowest BCUT2D eigenvalue weighted by atomic mass is 9.67. The average molecular weight is 561 g/mol. The fourth-order valence-electron chi connectivity index (χ4n) is 7.54. The van der Waals surface area contributed by atoms with E-state index in [9.17, 15) is 9.59 Å². The minimum atomic E-state index is -0.694. The van der Waals surface area contributed by atoms with Crippen LogP contribution in [-0.2, 0) is 19.1 Å². The highest BCUT2D eigenvalue weighted by molar-refractivity contribution is 5.74. The molecule has 2 saturated carbocycles. The topological polar surface area (TPSA) is 52.6 Å². The molecule has 0 N–H and O–H groups in total. The van der Waals surface area contributed by atoms with E-state index in [4.69, 9.17) is 9.47 Å². The molecule has 0 heterocycles. The van der Waals surface area contributed by atoms with Gasteiger partial charge in [-0.25, -0.2) is 0 Å². The maximum absolute atomic E-state index is 13.7. The quantitative estimate of drug-likeness (QED) is 0.242.